The van der Waals surface area contributed by atoms with Gasteiger partial charge < -0.3 is 9.52 Å². The summed E-state index contributed by atoms with van der Waals surface area (Å²) in [5, 5.41) is 31.1. The Morgan fingerprint density at radius 3 is 2.39 bits per heavy atom. The molecular weight excluding hydrogens is 370 g/mol. The topological polar surface area (TPSA) is 160 Å². The molecule has 11 nitrogen and oxygen atoms in total. The molecule has 0 saturated carbocycles. The first-order valence-electron chi connectivity index (χ1n) is 7.78. The van der Waals surface area contributed by atoms with Gasteiger partial charge in [0.05, 0.1) is 18.0 Å². The van der Waals surface area contributed by atoms with E-state index in [1.54, 1.807) is 0 Å². The van der Waals surface area contributed by atoms with Crippen LogP contribution in [0.5, 0.6) is 0 Å². The maximum absolute atomic E-state index is 12.0. The molecule has 2 N–H and O–H groups in total. The van der Waals surface area contributed by atoms with Gasteiger partial charge in [0.2, 0.25) is 0 Å². The lowest BCUT2D eigenvalue weighted by molar-refractivity contribution is -0.402. The molecule has 1 aromatic carbocycles. The zero-order valence-electron chi connectivity index (χ0n) is 14.8. The molecule has 0 spiro atoms. The van der Waals surface area contributed by atoms with Crippen molar-refractivity contribution in [3.05, 3.63) is 69.3 Å². The molecule has 1 heterocycles. The Kier molecular flexibility index (Phi) is 6.47. The van der Waals surface area contributed by atoms with Crippen molar-refractivity contribution >= 4 is 29.5 Å². The van der Waals surface area contributed by atoms with Crippen molar-refractivity contribution in [2.45, 2.75) is 13.8 Å². The number of carbonyl (C=O) groups excluding carboxylic acids is 2. The number of benzene rings is 1. The molecule has 0 aliphatic rings. The van der Waals surface area contributed by atoms with E-state index in [0.29, 0.717) is 5.69 Å². The van der Waals surface area contributed by atoms with Crippen molar-refractivity contribution in [3.8, 4) is 0 Å². The molecule has 28 heavy (non-hydrogen) atoms. The van der Waals surface area contributed by atoms with Gasteiger partial charge in [0.15, 0.2) is 17.2 Å². The number of rotatable bonds is 7. The van der Waals surface area contributed by atoms with Gasteiger partial charge >= 0.3 is 5.88 Å². The Bertz CT molecular complexity index is 984. The van der Waals surface area contributed by atoms with E-state index < -0.39 is 22.5 Å². The Balaban J connectivity index is 1.99. The normalized spacial score (nSPS) is 12.2. The molecule has 1 amide bonds. The maximum Gasteiger partial charge on any atom is 0.433 e. The lowest BCUT2D eigenvalue weighted by Gasteiger charge is -2.00. The first-order valence-corrected chi connectivity index (χ1v) is 7.78. The van der Waals surface area contributed by atoms with Crippen molar-refractivity contribution in [3.63, 3.8) is 0 Å². The van der Waals surface area contributed by atoms with Crippen LogP contribution in [0.1, 0.15) is 30.0 Å². The summed E-state index contributed by atoms with van der Waals surface area (Å²) in [6.45, 7) is 2.58. The summed E-state index contributed by atoms with van der Waals surface area (Å²) < 4.78 is 4.86. The summed E-state index contributed by atoms with van der Waals surface area (Å²) in [6.07, 6.45) is 1.13. The smallest absolute Gasteiger partial charge is 0.433 e. The van der Waals surface area contributed by atoms with Gasteiger partial charge in [0.25, 0.3) is 5.91 Å². The lowest BCUT2D eigenvalue weighted by atomic mass is 10.2. The first kappa shape index (κ1) is 20.2. The summed E-state index contributed by atoms with van der Waals surface area (Å²) in [4.78, 5) is 33.1. The number of aliphatic hydroxyl groups is 1. The number of furan rings is 1. The monoisotopic (exact) mass is 385 g/mol. The number of nitrogens with zero attached hydrogens (tertiary/aromatic N) is 4. The molecule has 0 aliphatic heterocycles. The van der Waals surface area contributed by atoms with Crippen LogP contribution in [0.3, 0.4) is 0 Å². The third-order valence-electron chi connectivity index (χ3n) is 3.22. The molecule has 0 fully saturated rings. The number of hydrogen-bond donors (Lipinski definition) is 2. The number of aliphatic hydroxyl groups excluding tert-OH is 1. The number of hydrogen-bond acceptors (Lipinski definition) is 9. The van der Waals surface area contributed by atoms with Gasteiger partial charge in [-0.3, -0.25) is 19.7 Å². The van der Waals surface area contributed by atoms with E-state index in [1.807, 2.05) is 0 Å². The standard InChI is InChI=1S/C17H15N5O6/c1-10(23)16(11(2)24)20-19-13-5-3-12(4-6-13)17(25)21-18-9-14-7-8-15(28-14)22(26)27/h3-9,23H,1-2H3,(H,21,25)/b16-10-,18-9+,20-19?. The van der Waals surface area contributed by atoms with E-state index in [0.717, 1.165) is 6.21 Å². The number of ketones is 1. The molecule has 0 aliphatic carbocycles. The van der Waals surface area contributed by atoms with E-state index >= 15 is 0 Å². The Labute approximate surface area is 158 Å². The largest absolute Gasteiger partial charge is 0.510 e. The van der Waals surface area contributed by atoms with E-state index in [-0.39, 0.29) is 22.8 Å². The van der Waals surface area contributed by atoms with Crippen LogP contribution in [0.25, 0.3) is 0 Å². The predicted molar refractivity (Wildman–Crippen MR) is 97.4 cm³/mol. The molecular formula is C17H15N5O6. The Morgan fingerprint density at radius 2 is 1.86 bits per heavy atom. The van der Waals surface area contributed by atoms with Crippen molar-refractivity contribution in [2.24, 2.45) is 15.3 Å². The highest BCUT2D eigenvalue weighted by Gasteiger charge is 2.11. The molecule has 144 valence electrons. The van der Waals surface area contributed by atoms with Crippen molar-refractivity contribution in [2.75, 3.05) is 0 Å². The van der Waals surface area contributed by atoms with Crippen LogP contribution < -0.4 is 5.43 Å². The number of carbonyl (C=O) groups is 2. The number of nitro groups is 1. The number of Topliss-reactive ketones (excluding diaryl/α,β-unsaturated/α-hetero) is 1. The molecule has 11 heteroatoms. The van der Waals surface area contributed by atoms with Crippen LogP contribution in [0, 0.1) is 10.1 Å². The number of nitrogens with one attached hydrogen (secondary N) is 1. The highest BCUT2D eigenvalue weighted by molar-refractivity contribution is 5.95. The second kappa shape index (κ2) is 8.98. The summed E-state index contributed by atoms with van der Waals surface area (Å²) in [6, 6.07) is 8.40. The Morgan fingerprint density at radius 1 is 1.18 bits per heavy atom. The first-order chi connectivity index (χ1) is 13.3. The summed E-state index contributed by atoms with van der Waals surface area (Å²) in [5.41, 5.74) is 2.72. The molecule has 0 radical (unpaired) electrons. The highest BCUT2D eigenvalue weighted by Crippen LogP contribution is 2.16. The van der Waals surface area contributed by atoms with Gasteiger partial charge in [0.1, 0.15) is 10.7 Å². The SMILES string of the molecule is CC(=O)/C(N=Nc1ccc(C(=O)N/N=C/c2ccc([N+](=O)[O-])o2)cc1)=C(\C)O. The zero-order chi connectivity index (χ0) is 20.7. The van der Waals surface area contributed by atoms with Crippen molar-refractivity contribution < 1.29 is 24.0 Å². The molecule has 0 atom stereocenters. The highest BCUT2D eigenvalue weighted by atomic mass is 16.6. The quantitative estimate of drug-likeness (QED) is 0.185. The third kappa shape index (κ3) is 5.42. The fourth-order valence-corrected chi connectivity index (χ4v) is 1.91. The number of hydrazone groups is 1. The molecule has 1 aromatic heterocycles. The van der Waals surface area contributed by atoms with Gasteiger partial charge in [-0.05, 0) is 37.3 Å². The van der Waals surface area contributed by atoms with Crippen LogP contribution in [-0.4, -0.2) is 27.9 Å². The van der Waals surface area contributed by atoms with Crippen LogP contribution in [0.2, 0.25) is 0 Å². The van der Waals surface area contributed by atoms with Gasteiger partial charge in [-0.1, -0.05) is 0 Å². The van der Waals surface area contributed by atoms with Crippen LogP contribution in [-0.2, 0) is 4.79 Å². The molecule has 0 saturated heterocycles. The maximum atomic E-state index is 12.0. The number of allylic oxidation sites excluding steroid dienone is 2. The molecule has 0 bridgehead atoms. The van der Waals surface area contributed by atoms with Gasteiger partial charge in [0, 0.05) is 12.5 Å². The minimum atomic E-state index is -0.689. The van der Waals surface area contributed by atoms with Crippen LogP contribution >= 0.6 is 0 Å². The average molecular weight is 385 g/mol. The van der Waals surface area contributed by atoms with Crippen LogP contribution in [0.15, 0.2) is 67.6 Å². The van der Waals surface area contributed by atoms with Crippen molar-refractivity contribution in [1.82, 2.24) is 5.43 Å². The van der Waals surface area contributed by atoms with Gasteiger partial charge in [-0.15, -0.1) is 5.11 Å². The van der Waals surface area contributed by atoms with Gasteiger partial charge in [-0.25, -0.2) is 5.43 Å². The fraction of sp³-hybridized carbons (Fsp3) is 0.118. The zero-order valence-corrected chi connectivity index (χ0v) is 14.8. The number of azo groups is 1. The second-order valence-corrected chi connectivity index (χ2v) is 5.37. The van der Waals surface area contributed by atoms with E-state index in [9.17, 15) is 24.8 Å². The second-order valence-electron chi connectivity index (χ2n) is 5.37. The molecule has 2 rings (SSSR count). The van der Waals surface area contributed by atoms with Crippen LogP contribution in [0.4, 0.5) is 11.6 Å². The minimum absolute atomic E-state index is 0.108. The fourth-order valence-electron chi connectivity index (χ4n) is 1.91. The summed E-state index contributed by atoms with van der Waals surface area (Å²) in [5.74, 6) is -1.53. The molecule has 0 unspecified atom stereocenters. The van der Waals surface area contributed by atoms with E-state index in [1.165, 1.54) is 50.2 Å². The molecule has 2 aromatic rings. The summed E-state index contributed by atoms with van der Waals surface area (Å²) >= 11 is 0. The van der Waals surface area contributed by atoms with E-state index in [4.69, 9.17) is 4.42 Å². The third-order valence-corrected chi connectivity index (χ3v) is 3.22. The Hall–Kier alpha value is -4.15. The predicted octanol–water partition coefficient (Wildman–Crippen LogP) is 3.41. The minimum Gasteiger partial charge on any atom is -0.510 e. The summed E-state index contributed by atoms with van der Waals surface area (Å²) in [7, 11) is 0. The van der Waals surface area contributed by atoms with Gasteiger partial charge in [-0.2, -0.15) is 10.2 Å². The number of amides is 1. The average Bonchev–Trinajstić information content (AvgIpc) is 3.11. The lowest BCUT2D eigenvalue weighted by Crippen LogP contribution is -2.17. The van der Waals surface area contributed by atoms with E-state index in [2.05, 4.69) is 20.8 Å². The van der Waals surface area contributed by atoms with Crippen molar-refractivity contribution in [1.29, 1.82) is 0 Å².